The highest BCUT2D eigenvalue weighted by Crippen LogP contribution is 2.38. The van der Waals surface area contributed by atoms with Crippen molar-refractivity contribution < 1.29 is 37.3 Å². The van der Waals surface area contributed by atoms with Crippen molar-refractivity contribution in [1.29, 1.82) is 0 Å². The van der Waals surface area contributed by atoms with E-state index in [9.17, 15) is 19.0 Å². The van der Waals surface area contributed by atoms with Gasteiger partial charge in [0.05, 0.1) is 33.8 Å². The molecule has 3 unspecified atom stereocenters. The molecule has 0 aromatic heterocycles. The van der Waals surface area contributed by atoms with Crippen LogP contribution in [0, 0.1) is 0 Å². The molecule has 10 heteroatoms. The molecule has 3 atom stereocenters. The smallest absolute Gasteiger partial charge is 0.306 e. The number of carbonyl (C=O) groups excluding carboxylic acids is 2. The molecule has 0 rings (SSSR count). The van der Waals surface area contributed by atoms with E-state index in [1.165, 1.54) is 244 Å². The van der Waals surface area contributed by atoms with E-state index in [-0.39, 0.29) is 31.5 Å². The number of hydrogen-bond acceptors (Lipinski definition) is 7. The van der Waals surface area contributed by atoms with Gasteiger partial charge in [0.1, 0.15) is 19.3 Å². The van der Waals surface area contributed by atoms with Crippen LogP contribution in [0.15, 0.2) is 60.8 Å². The minimum atomic E-state index is -4.70. The van der Waals surface area contributed by atoms with E-state index in [4.69, 9.17) is 13.8 Å². The number of likely N-dealkylation sites (N-methyl/N-ethyl adjacent to an activating group) is 1. The van der Waals surface area contributed by atoms with E-state index < -0.39 is 20.0 Å². The van der Waals surface area contributed by atoms with Crippen LogP contribution in [0.25, 0.3) is 0 Å². The average Bonchev–Trinajstić information content (AvgIpc) is 3.64. The maximum atomic E-state index is 13.6. The average molecular weight is 1200 g/mol. The highest BCUT2D eigenvalue weighted by molar-refractivity contribution is 7.45. The molecule has 0 radical (unpaired) electrons. The number of amides is 1. The maximum Gasteiger partial charge on any atom is 0.306 e. The predicted molar refractivity (Wildman–Crippen MR) is 362 cm³/mol. The zero-order valence-corrected chi connectivity index (χ0v) is 57.3. The molecule has 0 aromatic carbocycles. The first kappa shape index (κ1) is 81.7. The number of phosphoric ester groups is 1. The van der Waals surface area contributed by atoms with E-state index in [0.29, 0.717) is 17.4 Å². The monoisotopic (exact) mass is 1200 g/mol. The lowest BCUT2D eigenvalue weighted by Crippen LogP contribution is -2.47. The summed E-state index contributed by atoms with van der Waals surface area (Å²) in [6.07, 6.45) is 82.0. The Morgan fingerprint density at radius 3 is 1.10 bits per heavy atom. The second-order valence-corrected chi connectivity index (χ2v) is 27.1. The lowest BCUT2D eigenvalue weighted by Gasteiger charge is -2.30. The number of carbonyl (C=O) groups is 2. The number of unbranched alkanes of at least 4 members (excludes halogenated alkanes) is 42. The van der Waals surface area contributed by atoms with Crippen LogP contribution >= 0.6 is 7.82 Å². The predicted octanol–water partition coefficient (Wildman–Crippen LogP) is 22.3. The standard InChI is InChI=1S/C74H139N2O7P/c1-7-10-13-16-19-22-25-28-30-32-34-36-37-38-39-41-42-44-46-48-51-54-57-60-63-66-73(77)75-71(70-82-84(79,80)81-69-68-76(4,5)6)72(65-62-59-56-53-50-27-24-21-18-15-12-9-3)83-74(78)67-64-61-58-55-52-49-47-45-43-40-35-33-31-29-26-23-20-17-14-11-8-2/h19-20,22-23,28-31,62,65,71-72H,7-18,21,24-27,32-61,63-64,66-70H2,1-6H3,(H-,75,77,79,80)/b22-19-,23-20-,30-28-,31-29-,65-62-. The third kappa shape index (κ3) is 64.2. The summed E-state index contributed by atoms with van der Waals surface area (Å²) in [4.78, 5) is 40.2. The van der Waals surface area contributed by atoms with Gasteiger partial charge in [0, 0.05) is 12.8 Å². The summed E-state index contributed by atoms with van der Waals surface area (Å²) in [6.45, 7) is 6.84. The normalized spacial score (nSPS) is 13.8. The van der Waals surface area contributed by atoms with Crippen LogP contribution in [0.5, 0.6) is 0 Å². The molecule has 492 valence electrons. The molecule has 1 N–H and O–H groups in total. The summed E-state index contributed by atoms with van der Waals surface area (Å²) in [5.41, 5.74) is 0. The molecule has 0 aromatic rings. The largest absolute Gasteiger partial charge is 0.756 e. The number of nitrogens with zero attached hydrogens (tertiary/aromatic N) is 1. The van der Waals surface area contributed by atoms with Gasteiger partial charge in [-0.15, -0.1) is 0 Å². The molecule has 0 aliphatic carbocycles. The van der Waals surface area contributed by atoms with Crippen LogP contribution in [0.2, 0.25) is 0 Å². The summed E-state index contributed by atoms with van der Waals surface area (Å²) in [6, 6.07) is -0.890. The van der Waals surface area contributed by atoms with E-state index in [0.717, 1.165) is 70.6 Å². The van der Waals surface area contributed by atoms with Crippen LogP contribution in [0.3, 0.4) is 0 Å². The molecular weight excluding hydrogens is 1060 g/mol. The molecule has 0 aliphatic heterocycles. The number of quaternary nitrogens is 1. The number of allylic oxidation sites excluding steroid dienone is 9. The van der Waals surface area contributed by atoms with Gasteiger partial charge in [-0.3, -0.25) is 14.2 Å². The second kappa shape index (κ2) is 63.7. The van der Waals surface area contributed by atoms with Crippen LogP contribution in [-0.2, 0) is 27.9 Å². The number of hydrogen-bond donors (Lipinski definition) is 1. The Bertz CT molecular complexity index is 1620. The fourth-order valence-electron chi connectivity index (χ4n) is 10.6. The van der Waals surface area contributed by atoms with Crippen molar-refractivity contribution in [3.63, 3.8) is 0 Å². The molecule has 0 saturated heterocycles. The third-order valence-electron chi connectivity index (χ3n) is 16.2. The van der Waals surface area contributed by atoms with Crippen molar-refractivity contribution in [2.24, 2.45) is 0 Å². The first-order chi connectivity index (χ1) is 40.9. The molecule has 0 aliphatic rings. The van der Waals surface area contributed by atoms with Gasteiger partial charge in [-0.05, 0) is 96.0 Å². The molecular formula is C74H139N2O7P. The topological polar surface area (TPSA) is 114 Å². The van der Waals surface area contributed by atoms with E-state index in [2.05, 4.69) is 74.7 Å². The first-order valence-corrected chi connectivity index (χ1v) is 37.6. The Kier molecular flexibility index (Phi) is 62.0. The number of nitrogens with one attached hydrogen (secondary N) is 1. The fraction of sp³-hybridized carbons (Fsp3) is 0.838. The maximum absolute atomic E-state index is 13.6. The zero-order chi connectivity index (χ0) is 61.4. The van der Waals surface area contributed by atoms with Crippen molar-refractivity contribution in [3.8, 4) is 0 Å². The number of phosphoric acid groups is 1. The number of rotatable bonds is 66. The van der Waals surface area contributed by atoms with Crippen LogP contribution < -0.4 is 10.2 Å². The Labute approximate surface area is 521 Å². The lowest BCUT2D eigenvalue weighted by molar-refractivity contribution is -0.870. The Morgan fingerprint density at radius 2 is 0.726 bits per heavy atom. The van der Waals surface area contributed by atoms with Crippen LogP contribution in [0.1, 0.15) is 348 Å². The fourth-order valence-corrected chi connectivity index (χ4v) is 11.3. The first-order valence-electron chi connectivity index (χ1n) is 36.1. The minimum Gasteiger partial charge on any atom is -0.756 e. The van der Waals surface area contributed by atoms with Crippen molar-refractivity contribution in [1.82, 2.24) is 5.32 Å². The Hall–Kier alpha value is -2.29. The quantitative estimate of drug-likeness (QED) is 0.0212. The van der Waals surface area contributed by atoms with Crippen molar-refractivity contribution >= 4 is 19.7 Å². The highest BCUT2D eigenvalue weighted by atomic mass is 31.2. The number of ether oxygens (including phenoxy) is 1. The molecule has 0 bridgehead atoms. The summed E-state index contributed by atoms with van der Waals surface area (Å²) in [7, 11) is 1.19. The van der Waals surface area contributed by atoms with Crippen LogP contribution in [0.4, 0.5) is 0 Å². The summed E-state index contributed by atoms with van der Waals surface area (Å²) < 4.78 is 30.5. The van der Waals surface area contributed by atoms with Gasteiger partial charge >= 0.3 is 5.97 Å². The number of esters is 1. The van der Waals surface area contributed by atoms with Gasteiger partial charge in [-0.25, -0.2) is 0 Å². The summed E-state index contributed by atoms with van der Waals surface area (Å²) in [5, 5.41) is 3.05. The molecule has 0 fully saturated rings. The molecule has 0 saturated carbocycles. The van der Waals surface area contributed by atoms with Gasteiger partial charge in [0.25, 0.3) is 7.82 Å². The van der Waals surface area contributed by atoms with E-state index in [1.807, 2.05) is 33.3 Å². The Morgan fingerprint density at radius 1 is 0.417 bits per heavy atom. The van der Waals surface area contributed by atoms with Gasteiger partial charge in [-0.1, -0.05) is 300 Å². The molecule has 84 heavy (non-hydrogen) atoms. The van der Waals surface area contributed by atoms with Gasteiger partial charge in [0.2, 0.25) is 5.91 Å². The summed E-state index contributed by atoms with van der Waals surface area (Å²) in [5.74, 6) is -0.530. The second-order valence-electron chi connectivity index (χ2n) is 25.7. The SMILES string of the molecule is CCCCC/C=C\C/C=C\CCCCCCCCCCCCCCCCCC(=O)NC(COP(=O)([O-])OCC[N+](C)(C)C)C(/C=C\CCCCCCCCCCCC)OC(=O)CCCCCCCCCCCCC/C=C\C/C=C\CCCCC. The minimum absolute atomic E-state index is 0.0221. The van der Waals surface area contributed by atoms with Crippen molar-refractivity contribution in [2.45, 2.75) is 360 Å². The van der Waals surface area contributed by atoms with Crippen LogP contribution in [-0.4, -0.2) is 69.4 Å². The highest BCUT2D eigenvalue weighted by Gasteiger charge is 2.27. The zero-order valence-electron chi connectivity index (χ0n) is 56.4. The van der Waals surface area contributed by atoms with Crippen molar-refractivity contribution in [3.05, 3.63) is 60.8 Å². The van der Waals surface area contributed by atoms with Gasteiger partial charge < -0.3 is 28.5 Å². The molecule has 0 heterocycles. The van der Waals surface area contributed by atoms with Gasteiger partial charge in [-0.2, -0.15) is 0 Å². The Balaban J connectivity index is 5.03. The van der Waals surface area contributed by atoms with E-state index >= 15 is 0 Å². The van der Waals surface area contributed by atoms with E-state index in [1.54, 1.807) is 0 Å². The molecule has 0 spiro atoms. The van der Waals surface area contributed by atoms with Crippen molar-refractivity contribution in [2.75, 3.05) is 40.9 Å². The molecule has 9 nitrogen and oxygen atoms in total. The lowest BCUT2D eigenvalue weighted by atomic mass is 10.0. The van der Waals surface area contributed by atoms with Gasteiger partial charge in [0.15, 0.2) is 0 Å². The summed E-state index contributed by atoms with van der Waals surface area (Å²) >= 11 is 0. The third-order valence-corrected chi connectivity index (χ3v) is 17.1. The molecule has 1 amide bonds.